The summed E-state index contributed by atoms with van der Waals surface area (Å²) in [6.07, 6.45) is 2.42. The summed E-state index contributed by atoms with van der Waals surface area (Å²) in [6.45, 7) is 7.41. The first-order chi connectivity index (χ1) is 14.6. The molecule has 30 heavy (non-hydrogen) atoms. The highest BCUT2D eigenvalue weighted by atomic mass is 16.5. The first kappa shape index (κ1) is 22.2. The number of aliphatic imine (C=N–C) groups is 1. The van der Waals surface area contributed by atoms with Crippen LogP contribution in [0.3, 0.4) is 0 Å². The SMILES string of the molecule is CCNC(=NCc1ccc(N(C)C)cc1)NCC1CCCOC1c1ccc(C)cc1. The van der Waals surface area contributed by atoms with E-state index in [0.29, 0.717) is 12.5 Å². The van der Waals surface area contributed by atoms with Crippen molar-refractivity contribution in [3.63, 3.8) is 0 Å². The highest BCUT2D eigenvalue weighted by Crippen LogP contribution is 2.33. The van der Waals surface area contributed by atoms with E-state index in [9.17, 15) is 0 Å². The average molecular weight is 409 g/mol. The van der Waals surface area contributed by atoms with Gasteiger partial charge in [-0.15, -0.1) is 0 Å². The summed E-state index contributed by atoms with van der Waals surface area (Å²) in [6, 6.07) is 17.3. The van der Waals surface area contributed by atoms with Crippen LogP contribution < -0.4 is 15.5 Å². The molecule has 0 saturated carbocycles. The van der Waals surface area contributed by atoms with Gasteiger partial charge in [-0.25, -0.2) is 4.99 Å². The zero-order valence-corrected chi connectivity index (χ0v) is 18.8. The maximum atomic E-state index is 6.16. The second-order valence-electron chi connectivity index (χ2n) is 8.24. The van der Waals surface area contributed by atoms with Crippen molar-refractivity contribution in [3.8, 4) is 0 Å². The fraction of sp³-hybridized carbons (Fsp3) is 0.480. The van der Waals surface area contributed by atoms with E-state index < -0.39 is 0 Å². The summed E-state index contributed by atoms with van der Waals surface area (Å²) in [5, 5.41) is 6.93. The van der Waals surface area contributed by atoms with Crippen molar-refractivity contribution >= 4 is 11.6 Å². The van der Waals surface area contributed by atoms with Crippen LogP contribution in [0.2, 0.25) is 0 Å². The van der Waals surface area contributed by atoms with Crippen LogP contribution in [0.1, 0.15) is 42.6 Å². The van der Waals surface area contributed by atoms with Gasteiger partial charge in [0.25, 0.3) is 0 Å². The topological polar surface area (TPSA) is 48.9 Å². The van der Waals surface area contributed by atoms with E-state index in [0.717, 1.165) is 38.5 Å². The standard InChI is InChI=1S/C25H36N4O/c1-5-26-25(27-17-20-10-14-23(15-11-20)29(3)4)28-18-22-7-6-16-30-24(22)21-12-8-19(2)9-13-21/h8-15,22,24H,5-7,16-18H2,1-4H3,(H2,26,27,28). The Bertz CT molecular complexity index is 799. The molecule has 0 amide bonds. The number of hydrogen-bond acceptors (Lipinski definition) is 3. The van der Waals surface area contributed by atoms with Crippen molar-refractivity contribution in [2.24, 2.45) is 10.9 Å². The van der Waals surface area contributed by atoms with Crippen LogP contribution in [0.4, 0.5) is 5.69 Å². The fourth-order valence-corrected chi connectivity index (χ4v) is 3.82. The monoisotopic (exact) mass is 408 g/mol. The van der Waals surface area contributed by atoms with Crippen LogP contribution >= 0.6 is 0 Å². The highest BCUT2D eigenvalue weighted by molar-refractivity contribution is 5.79. The maximum Gasteiger partial charge on any atom is 0.191 e. The van der Waals surface area contributed by atoms with Crippen molar-refractivity contribution in [1.29, 1.82) is 0 Å². The summed E-state index contributed by atoms with van der Waals surface area (Å²) in [7, 11) is 4.11. The molecular weight excluding hydrogens is 372 g/mol. The number of guanidine groups is 1. The van der Waals surface area contributed by atoms with Gasteiger partial charge in [-0.1, -0.05) is 42.0 Å². The molecule has 162 valence electrons. The number of aryl methyl sites for hydroxylation is 1. The van der Waals surface area contributed by atoms with Crippen LogP contribution in [0.15, 0.2) is 53.5 Å². The van der Waals surface area contributed by atoms with Gasteiger partial charge in [0.05, 0.1) is 12.6 Å². The zero-order valence-electron chi connectivity index (χ0n) is 18.8. The van der Waals surface area contributed by atoms with Gasteiger partial charge >= 0.3 is 0 Å². The van der Waals surface area contributed by atoms with Gasteiger partial charge in [0, 0.05) is 45.4 Å². The van der Waals surface area contributed by atoms with Gasteiger partial charge < -0.3 is 20.3 Å². The quantitative estimate of drug-likeness (QED) is 0.530. The molecule has 5 nitrogen and oxygen atoms in total. The smallest absolute Gasteiger partial charge is 0.191 e. The molecule has 0 aliphatic carbocycles. The van der Waals surface area contributed by atoms with Crippen molar-refractivity contribution in [2.75, 3.05) is 38.7 Å². The lowest BCUT2D eigenvalue weighted by molar-refractivity contribution is -0.0265. The lowest BCUT2D eigenvalue weighted by atomic mass is 9.89. The van der Waals surface area contributed by atoms with Gasteiger partial charge in [0.15, 0.2) is 5.96 Å². The lowest BCUT2D eigenvalue weighted by Gasteiger charge is -2.32. The minimum atomic E-state index is 0.147. The molecule has 2 aromatic carbocycles. The van der Waals surface area contributed by atoms with E-state index in [2.05, 4.69) is 92.0 Å². The molecule has 1 heterocycles. The Hall–Kier alpha value is -2.53. The zero-order chi connectivity index (χ0) is 21.3. The van der Waals surface area contributed by atoms with Gasteiger partial charge in [0.1, 0.15) is 0 Å². The van der Waals surface area contributed by atoms with Gasteiger partial charge in [-0.2, -0.15) is 0 Å². The van der Waals surface area contributed by atoms with Crippen molar-refractivity contribution < 1.29 is 4.74 Å². The minimum absolute atomic E-state index is 0.147. The Balaban J connectivity index is 1.62. The number of hydrogen-bond donors (Lipinski definition) is 2. The molecule has 0 radical (unpaired) electrons. The summed E-state index contributed by atoms with van der Waals surface area (Å²) in [4.78, 5) is 6.90. The summed E-state index contributed by atoms with van der Waals surface area (Å²) >= 11 is 0. The third kappa shape index (κ3) is 6.23. The van der Waals surface area contributed by atoms with E-state index in [1.165, 1.54) is 22.4 Å². The van der Waals surface area contributed by atoms with E-state index in [-0.39, 0.29) is 6.10 Å². The normalized spacial score (nSPS) is 19.4. The molecule has 0 spiro atoms. The third-order valence-corrected chi connectivity index (χ3v) is 5.60. The second-order valence-corrected chi connectivity index (χ2v) is 8.24. The van der Waals surface area contributed by atoms with Crippen molar-refractivity contribution in [3.05, 3.63) is 65.2 Å². The number of rotatable bonds is 7. The average Bonchev–Trinajstić information content (AvgIpc) is 2.77. The van der Waals surface area contributed by atoms with Crippen LogP contribution in [-0.4, -0.2) is 39.8 Å². The fourth-order valence-electron chi connectivity index (χ4n) is 3.82. The Morgan fingerprint density at radius 2 is 1.80 bits per heavy atom. The molecule has 0 bridgehead atoms. The molecule has 2 aromatic rings. The van der Waals surface area contributed by atoms with Crippen LogP contribution in [0, 0.1) is 12.8 Å². The van der Waals surface area contributed by atoms with Gasteiger partial charge in [-0.05, 0) is 49.9 Å². The Labute approximate surface area is 181 Å². The Kier molecular flexibility index (Phi) is 8.14. The van der Waals surface area contributed by atoms with Gasteiger partial charge in [0.2, 0.25) is 0 Å². The van der Waals surface area contributed by atoms with E-state index in [1.807, 2.05) is 0 Å². The molecule has 3 rings (SSSR count). The van der Waals surface area contributed by atoms with E-state index >= 15 is 0 Å². The van der Waals surface area contributed by atoms with Crippen LogP contribution in [-0.2, 0) is 11.3 Å². The van der Waals surface area contributed by atoms with Crippen molar-refractivity contribution in [2.45, 2.75) is 39.3 Å². The highest BCUT2D eigenvalue weighted by Gasteiger charge is 2.27. The minimum Gasteiger partial charge on any atom is -0.378 e. The summed E-state index contributed by atoms with van der Waals surface area (Å²) in [5.74, 6) is 1.30. The van der Waals surface area contributed by atoms with E-state index in [1.54, 1.807) is 0 Å². The molecule has 1 saturated heterocycles. The number of nitrogens with one attached hydrogen (secondary N) is 2. The largest absolute Gasteiger partial charge is 0.378 e. The number of benzene rings is 2. The predicted molar refractivity (Wildman–Crippen MR) is 126 cm³/mol. The summed E-state index contributed by atoms with van der Waals surface area (Å²) in [5.41, 5.74) is 4.96. The van der Waals surface area contributed by atoms with Crippen molar-refractivity contribution in [1.82, 2.24) is 10.6 Å². The lowest BCUT2D eigenvalue weighted by Crippen LogP contribution is -2.42. The van der Waals surface area contributed by atoms with Gasteiger partial charge in [-0.3, -0.25) is 0 Å². The molecule has 1 fully saturated rings. The molecule has 2 atom stereocenters. The summed E-state index contributed by atoms with van der Waals surface area (Å²) < 4.78 is 6.16. The molecule has 5 heteroatoms. The molecular formula is C25H36N4O. The number of nitrogens with zero attached hydrogens (tertiary/aromatic N) is 2. The molecule has 2 N–H and O–H groups in total. The third-order valence-electron chi connectivity index (χ3n) is 5.60. The Morgan fingerprint density at radius 1 is 1.07 bits per heavy atom. The number of anilines is 1. The molecule has 1 aliphatic rings. The first-order valence-corrected chi connectivity index (χ1v) is 11.0. The van der Waals surface area contributed by atoms with Crippen LogP contribution in [0.5, 0.6) is 0 Å². The maximum absolute atomic E-state index is 6.16. The molecule has 1 aliphatic heterocycles. The van der Waals surface area contributed by atoms with Crippen LogP contribution in [0.25, 0.3) is 0 Å². The second kappa shape index (κ2) is 11.0. The number of ether oxygens (including phenoxy) is 1. The molecule has 2 unspecified atom stereocenters. The van der Waals surface area contributed by atoms with E-state index in [4.69, 9.17) is 9.73 Å². The first-order valence-electron chi connectivity index (χ1n) is 11.0. The predicted octanol–water partition coefficient (Wildman–Crippen LogP) is 4.28. The Morgan fingerprint density at radius 3 is 2.47 bits per heavy atom. The molecule has 0 aromatic heterocycles.